The van der Waals surface area contributed by atoms with Gasteiger partial charge < -0.3 is 15.0 Å². The molecule has 20 heavy (non-hydrogen) atoms. The summed E-state index contributed by atoms with van der Waals surface area (Å²) in [6.45, 7) is 15.1. The summed E-state index contributed by atoms with van der Waals surface area (Å²) in [5.41, 5.74) is -0.0593. The monoisotopic (exact) mass is 284 g/mol. The summed E-state index contributed by atoms with van der Waals surface area (Å²) in [5.74, 6) is 0. The van der Waals surface area contributed by atoms with E-state index in [1.54, 1.807) is 0 Å². The first-order valence-corrected chi connectivity index (χ1v) is 7.78. The van der Waals surface area contributed by atoms with E-state index in [4.69, 9.17) is 4.74 Å². The molecule has 1 fully saturated rings. The molecule has 1 heterocycles. The molecule has 1 aliphatic rings. The molecule has 1 aliphatic heterocycles. The number of hydrogen-bond acceptors (Lipinski definition) is 3. The Hall–Kier alpha value is -0.770. The fourth-order valence-corrected chi connectivity index (χ4v) is 2.29. The molecule has 1 amide bonds. The van der Waals surface area contributed by atoms with Crippen LogP contribution in [0.2, 0.25) is 0 Å². The number of hydrogen-bond donors (Lipinski definition) is 1. The first kappa shape index (κ1) is 17.3. The van der Waals surface area contributed by atoms with Gasteiger partial charge in [0.05, 0.1) is 0 Å². The van der Waals surface area contributed by atoms with Crippen molar-refractivity contribution in [1.82, 2.24) is 10.2 Å². The first-order valence-electron chi connectivity index (χ1n) is 7.78. The van der Waals surface area contributed by atoms with Crippen LogP contribution in [0.4, 0.5) is 4.79 Å². The zero-order valence-electron chi connectivity index (χ0n) is 14.1. The topological polar surface area (TPSA) is 41.6 Å². The maximum Gasteiger partial charge on any atom is 0.410 e. The van der Waals surface area contributed by atoms with Crippen molar-refractivity contribution in [2.45, 2.75) is 72.4 Å². The van der Waals surface area contributed by atoms with Crippen molar-refractivity contribution < 1.29 is 9.53 Å². The van der Waals surface area contributed by atoms with E-state index in [0.29, 0.717) is 11.5 Å². The van der Waals surface area contributed by atoms with Gasteiger partial charge in [-0.05, 0) is 52.0 Å². The molecule has 0 aliphatic carbocycles. The van der Waals surface area contributed by atoms with Gasteiger partial charge in [0.2, 0.25) is 0 Å². The number of amides is 1. The molecule has 1 atom stereocenters. The van der Waals surface area contributed by atoms with Crippen LogP contribution in [-0.4, -0.2) is 42.3 Å². The molecule has 0 aromatic carbocycles. The van der Waals surface area contributed by atoms with Crippen LogP contribution < -0.4 is 5.32 Å². The van der Waals surface area contributed by atoms with Gasteiger partial charge in [0.15, 0.2) is 0 Å². The minimum absolute atomic E-state index is 0.181. The first-order chi connectivity index (χ1) is 9.07. The fourth-order valence-electron chi connectivity index (χ4n) is 2.29. The van der Waals surface area contributed by atoms with Crippen LogP contribution in [0.1, 0.15) is 60.8 Å². The zero-order chi connectivity index (χ0) is 15.4. The van der Waals surface area contributed by atoms with E-state index in [9.17, 15) is 4.79 Å². The van der Waals surface area contributed by atoms with Crippen molar-refractivity contribution in [3.8, 4) is 0 Å². The number of nitrogens with zero attached hydrogens (tertiary/aromatic N) is 1. The third-order valence-electron chi connectivity index (χ3n) is 3.38. The lowest BCUT2D eigenvalue weighted by molar-refractivity contribution is 0.0187. The van der Waals surface area contributed by atoms with Crippen molar-refractivity contribution in [2.75, 3.05) is 19.6 Å². The molecule has 1 rings (SSSR count). The summed E-state index contributed by atoms with van der Waals surface area (Å²) >= 11 is 0. The molecule has 0 bridgehead atoms. The van der Waals surface area contributed by atoms with Crippen LogP contribution in [0.5, 0.6) is 0 Å². The largest absolute Gasteiger partial charge is 0.444 e. The maximum atomic E-state index is 12.1. The molecule has 0 spiro atoms. The second-order valence-electron chi connectivity index (χ2n) is 8.03. The molecule has 4 heteroatoms. The van der Waals surface area contributed by atoms with Gasteiger partial charge in [-0.25, -0.2) is 4.79 Å². The van der Waals surface area contributed by atoms with Gasteiger partial charge >= 0.3 is 6.09 Å². The van der Waals surface area contributed by atoms with E-state index in [0.717, 1.165) is 38.9 Å². The lowest BCUT2D eigenvalue weighted by Gasteiger charge is -2.35. The Morgan fingerprint density at radius 3 is 2.45 bits per heavy atom. The minimum Gasteiger partial charge on any atom is -0.444 e. The van der Waals surface area contributed by atoms with Gasteiger partial charge in [-0.3, -0.25) is 0 Å². The third-order valence-corrected chi connectivity index (χ3v) is 3.38. The molecule has 4 nitrogen and oxygen atoms in total. The zero-order valence-corrected chi connectivity index (χ0v) is 14.1. The van der Waals surface area contributed by atoms with Gasteiger partial charge in [0.1, 0.15) is 5.60 Å². The van der Waals surface area contributed by atoms with Crippen LogP contribution in [0, 0.1) is 5.41 Å². The van der Waals surface area contributed by atoms with Crippen molar-refractivity contribution in [3.05, 3.63) is 0 Å². The van der Waals surface area contributed by atoms with E-state index < -0.39 is 5.60 Å². The van der Waals surface area contributed by atoms with Crippen molar-refractivity contribution >= 4 is 6.09 Å². The van der Waals surface area contributed by atoms with Gasteiger partial charge in [0, 0.05) is 19.1 Å². The maximum absolute atomic E-state index is 12.1. The molecule has 0 aromatic rings. The average molecular weight is 284 g/mol. The van der Waals surface area contributed by atoms with Crippen molar-refractivity contribution in [1.29, 1.82) is 0 Å². The summed E-state index contributed by atoms with van der Waals surface area (Å²) in [7, 11) is 0. The average Bonchev–Trinajstić information content (AvgIpc) is 2.25. The van der Waals surface area contributed by atoms with Gasteiger partial charge in [-0.2, -0.15) is 0 Å². The number of carbonyl (C=O) groups is 1. The van der Waals surface area contributed by atoms with E-state index in [2.05, 4.69) is 26.1 Å². The highest BCUT2D eigenvalue weighted by atomic mass is 16.6. The Morgan fingerprint density at radius 1 is 1.25 bits per heavy atom. The third kappa shape index (κ3) is 7.13. The van der Waals surface area contributed by atoms with Crippen LogP contribution in [0.3, 0.4) is 0 Å². The Balaban J connectivity index is 2.37. The standard InChI is InChI=1S/C16H32N2O2/c1-15(2,3)9-10-17-13-8-7-11-18(12-13)14(19)20-16(4,5)6/h13,17H,7-12H2,1-6H3. The van der Waals surface area contributed by atoms with Crippen LogP contribution >= 0.6 is 0 Å². The van der Waals surface area contributed by atoms with Crippen LogP contribution in [-0.2, 0) is 4.74 Å². The molecule has 118 valence electrons. The lowest BCUT2D eigenvalue weighted by Crippen LogP contribution is -2.49. The Bertz CT molecular complexity index is 315. The summed E-state index contributed by atoms with van der Waals surface area (Å²) < 4.78 is 5.44. The van der Waals surface area contributed by atoms with Crippen LogP contribution in [0.15, 0.2) is 0 Å². The van der Waals surface area contributed by atoms with E-state index in [1.807, 2.05) is 25.7 Å². The van der Waals surface area contributed by atoms with Crippen molar-refractivity contribution in [2.24, 2.45) is 5.41 Å². The number of likely N-dealkylation sites (tertiary alicyclic amines) is 1. The Morgan fingerprint density at radius 2 is 1.90 bits per heavy atom. The summed E-state index contributed by atoms with van der Waals surface area (Å²) in [6, 6.07) is 0.401. The van der Waals surface area contributed by atoms with Gasteiger partial charge in [0.25, 0.3) is 0 Å². The normalized spacial score (nSPS) is 20.9. The highest BCUT2D eigenvalue weighted by Gasteiger charge is 2.27. The second-order valence-corrected chi connectivity index (χ2v) is 8.03. The Kier molecular flexibility index (Phi) is 5.87. The predicted octanol–water partition coefficient (Wildman–Crippen LogP) is 3.41. The molecular weight excluding hydrogens is 252 g/mol. The molecule has 1 saturated heterocycles. The predicted molar refractivity (Wildman–Crippen MR) is 82.9 cm³/mol. The summed E-state index contributed by atoms with van der Waals surface area (Å²) in [6.07, 6.45) is 3.16. The number of ether oxygens (including phenoxy) is 1. The molecule has 1 N–H and O–H groups in total. The lowest BCUT2D eigenvalue weighted by atomic mass is 9.92. The molecular formula is C16H32N2O2. The quantitative estimate of drug-likeness (QED) is 0.863. The van der Waals surface area contributed by atoms with E-state index in [1.165, 1.54) is 0 Å². The fraction of sp³-hybridized carbons (Fsp3) is 0.938. The molecule has 0 saturated carbocycles. The molecule has 0 radical (unpaired) electrons. The number of nitrogens with one attached hydrogen (secondary N) is 1. The number of carbonyl (C=O) groups excluding carboxylic acids is 1. The van der Waals surface area contributed by atoms with Crippen LogP contribution in [0.25, 0.3) is 0 Å². The van der Waals surface area contributed by atoms with E-state index in [-0.39, 0.29) is 6.09 Å². The highest BCUT2D eigenvalue weighted by Crippen LogP contribution is 2.18. The SMILES string of the molecule is CC(C)(C)CCNC1CCCN(C(=O)OC(C)(C)C)C1. The highest BCUT2D eigenvalue weighted by molar-refractivity contribution is 5.68. The summed E-state index contributed by atoms with van der Waals surface area (Å²) in [5, 5.41) is 3.58. The van der Waals surface area contributed by atoms with E-state index >= 15 is 0 Å². The van der Waals surface area contributed by atoms with Crippen molar-refractivity contribution in [3.63, 3.8) is 0 Å². The van der Waals surface area contributed by atoms with Gasteiger partial charge in [-0.1, -0.05) is 20.8 Å². The second kappa shape index (κ2) is 6.79. The summed E-state index contributed by atoms with van der Waals surface area (Å²) in [4.78, 5) is 13.9. The smallest absolute Gasteiger partial charge is 0.410 e. The Labute approximate surface area is 124 Å². The number of rotatable bonds is 3. The number of piperidine rings is 1. The molecule has 0 aromatic heterocycles. The molecule has 1 unspecified atom stereocenters. The minimum atomic E-state index is -0.413. The van der Waals surface area contributed by atoms with Gasteiger partial charge in [-0.15, -0.1) is 0 Å².